The molecule has 0 radical (unpaired) electrons. The molecule has 11 aromatic rings. The Labute approximate surface area is 347 Å². The van der Waals surface area contributed by atoms with E-state index >= 15 is 0 Å². The molecule has 0 saturated carbocycles. The Morgan fingerprint density at radius 1 is 0.233 bits per heavy atom. The molecule has 11 rings (SSSR count). The van der Waals surface area contributed by atoms with Crippen molar-refractivity contribution in [1.82, 2.24) is 24.9 Å². The number of benzene rings is 8. The molecule has 0 fully saturated rings. The summed E-state index contributed by atoms with van der Waals surface area (Å²) in [7, 11) is 0. The highest BCUT2D eigenvalue weighted by molar-refractivity contribution is 6.12. The molecule has 8 aromatic carbocycles. The molecule has 0 aliphatic heterocycles. The van der Waals surface area contributed by atoms with Crippen LogP contribution in [0, 0.1) is 0 Å². The zero-order valence-electron chi connectivity index (χ0n) is 32.4. The lowest BCUT2D eigenvalue weighted by Gasteiger charge is -2.14. The quantitative estimate of drug-likeness (QED) is 0.151. The van der Waals surface area contributed by atoms with Crippen LogP contribution < -0.4 is 0 Å². The molecule has 280 valence electrons. The third-order valence-electron chi connectivity index (χ3n) is 11.1. The molecule has 5 heteroatoms. The van der Waals surface area contributed by atoms with Crippen molar-refractivity contribution in [2.24, 2.45) is 0 Å². The minimum atomic E-state index is 0.633. The normalized spacial score (nSPS) is 11.3. The van der Waals surface area contributed by atoms with Crippen molar-refractivity contribution in [2.75, 3.05) is 0 Å². The Kier molecular flexibility index (Phi) is 8.75. The highest BCUT2D eigenvalue weighted by Crippen LogP contribution is 2.39. The Balaban J connectivity index is 0.952. The van der Waals surface area contributed by atoms with Crippen LogP contribution >= 0.6 is 0 Å². The minimum Gasteiger partial charge on any atom is -0.245 e. The molecule has 3 aromatic heterocycles. The first-order chi connectivity index (χ1) is 29.7. The van der Waals surface area contributed by atoms with Gasteiger partial charge in [-0.3, -0.25) is 0 Å². The minimum absolute atomic E-state index is 0.633. The molecule has 0 amide bonds. The van der Waals surface area contributed by atoms with Crippen LogP contribution in [0.1, 0.15) is 0 Å². The lowest BCUT2D eigenvalue weighted by Crippen LogP contribution is -2.00. The van der Waals surface area contributed by atoms with Gasteiger partial charge in [-0.15, -0.1) is 0 Å². The fourth-order valence-corrected chi connectivity index (χ4v) is 8.05. The summed E-state index contributed by atoms with van der Waals surface area (Å²) in [5, 5.41) is 4.55. The molecule has 0 saturated heterocycles. The molecule has 60 heavy (non-hydrogen) atoms. The van der Waals surface area contributed by atoms with E-state index < -0.39 is 0 Å². The fraction of sp³-hybridized carbons (Fsp3) is 0. The van der Waals surface area contributed by atoms with Crippen molar-refractivity contribution in [2.45, 2.75) is 0 Å². The average Bonchev–Trinajstić information content (AvgIpc) is 3.34. The summed E-state index contributed by atoms with van der Waals surface area (Å²) in [6.07, 6.45) is 0. The van der Waals surface area contributed by atoms with E-state index in [0.717, 1.165) is 77.7 Å². The van der Waals surface area contributed by atoms with Crippen molar-refractivity contribution >= 4 is 32.6 Å². The molecule has 0 aliphatic carbocycles. The van der Waals surface area contributed by atoms with Gasteiger partial charge >= 0.3 is 0 Å². The van der Waals surface area contributed by atoms with Crippen molar-refractivity contribution in [3.05, 3.63) is 212 Å². The molecular formula is C55H35N5. The van der Waals surface area contributed by atoms with Crippen molar-refractivity contribution in [1.29, 1.82) is 0 Å². The third kappa shape index (κ3) is 6.54. The number of fused-ring (bicyclic) bond motifs is 4. The summed E-state index contributed by atoms with van der Waals surface area (Å²) in [6.45, 7) is 0. The fourth-order valence-electron chi connectivity index (χ4n) is 8.05. The monoisotopic (exact) mass is 765 g/mol. The summed E-state index contributed by atoms with van der Waals surface area (Å²) in [5.41, 5.74) is 13.0. The van der Waals surface area contributed by atoms with Crippen LogP contribution in [-0.2, 0) is 0 Å². The number of hydrogen-bond donors (Lipinski definition) is 0. The molecule has 3 heterocycles. The van der Waals surface area contributed by atoms with E-state index in [1.54, 1.807) is 0 Å². The lowest BCUT2D eigenvalue weighted by molar-refractivity contribution is 1.07. The van der Waals surface area contributed by atoms with E-state index in [4.69, 9.17) is 24.9 Å². The third-order valence-corrected chi connectivity index (χ3v) is 11.1. The Morgan fingerprint density at radius 2 is 0.700 bits per heavy atom. The number of pyridine rings is 2. The SMILES string of the molecule is c1ccc(-c2cc(-c3cccc4ccccc34)c3ccc4ccc(-c5ccc(-c6ccc(-c7nc(-c8ccccc8)nc(-c8ccccc8)n7)cc6)cc5)nc4c3n2)cc1. The Morgan fingerprint density at radius 3 is 1.33 bits per heavy atom. The average molecular weight is 766 g/mol. The summed E-state index contributed by atoms with van der Waals surface area (Å²) in [5.74, 6) is 1.92. The van der Waals surface area contributed by atoms with Crippen LogP contribution in [0.5, 0.6) is 0 Å². The van der Waals surface area contributed by atoms with Crippen LogP contribution in [0.2, 0.25) is 0 Å². The first-order valence-electron chi connectivity index (χ1n) is 20.1. The summed E-state index contributed by atoms with van der Waals surface area (Å²) in [6, 6.07) is 73.5. The van der Waals surface area contributed by atoms with Gasteiger partial charge in [-0.25, -0.2) is 24.9 Å². The van der Waals surface area contributed by atoms with E-state index in [-0.39, 0.29) is 0 Å². The molecule has 5 nitrogen and oxygen atoms in total. The highest BCUT2D eigenvalue weighted by Gasteiger charge is 2.16. The first-order valence-corrected chi connectivity index (χ1v) is 20.1. The molecule has 0 unspecified atom stereocenters. The molecule has 0 atom stereocenters. The van der Waals surface area contributed by atoms with Crippen LogP contribution in [0.3, 0.4) is 0 Å². The standard InChI is InChI=1S/C55H35N5/c1-4-14-39(15-5-1)50-35-48(46-22-12-20-38-13-10-11-21-45(38)46)47-33-31-41-32-34-49(56-51(41)52(47)57-50)40-27-23-36(24-28-40)37-25-29-44(30-26-37)55-59-53(42-16-6-2-7-17-42)58-54(60-55)43-18-8-3-9-19-43/h1-35H. The molecular weight excluding hydrogens is 731 g/mol. The Hall–Kier alpha value is -8.15. The van der Waals surface area contributed by atoms with E-state index in [9.17, 15) is 0 Å². The zero-order valence-corrected chi connectivity index (χ0v) is 32.4. The predicted octanol–water partition coefficient (Wildman–Crippen LogP) is 13.8. The van der Waals surface area contributed by atoms with Gasteiger partial charge < -0.3 is 0 Å². The van der Waals surface area contributed by atoms with Gasteiger partial charge in [-0.2, -0.15) is 0 Å². The van der Waals surface area contributed by atoms with Gasteiger partial charge in [0.2, 0.25) is 0 Å². The maximum Gasteiger partial charge on any atom is 0.164 e. The largest absolute Gasteiger partial charge is 0.245 e. The van der Waals surface area contributed by atoms with Crippen molar-refractivity contribution < 1.29 is 0 Å². The number of aromatic nitrogens is 5. The van der Waals surface area contributed by atoms with Gasteiger partial charge in [0.15, 0.2) is 17.5 Å². The van der Waals surface area contributed by atoms with Crippen LogP contribution in [0.15, 0.2) is 212 Å². The van der Waals surface area contributed by atoms with Gasteiger partial charge in [-0.05, 0) is 45.2 Å². The smallest absolute Gasteiger partial charge is 0.164 e. The number of nitrogens with zero attached hydrogens (tertiary/aromatic N) is 5. The number of hydrogen-bond acceptors (Lipinski definition) is 5. The summed E-state index contributed by atoms with van der Waals surface area (Å²) >= 11 is 0. The maximum absolute atomic E-state index is 5.33. The number of rotatable bonds is 7. The maximum atomic E-state index is 5.33. The topological polar surface area (TPSA) is 64.5 Å². The van der Waals surface area contributed by atoms with Crippen LogP contribution in [-0.4, -0.2) is 24.9 Å². The van der Waals surface area contributed by atoms with Crippen molar-refractivity contribution in [3.63, 3.8) is 0 Å². The van der Waals surface area contributed by atoms with Crippen molar-refractivity contribution in [3.8, 4) is 78.9 Å². The molecule has 0 aliphatic rings. The second-order valence-electron chi connectivity index (χ2n) is 14.9. The molecule has 0 bridgehead atoms. The lowest BCUT2D eigenvalue weighted by atomic mass is 9.93. The van der Waals surface area contributed by atoms with E-state index in [0.29, 0.717) is 17.5 Å². The van der Waals surface area contributed by atoms with Gasteiger partial charge in [-0.1, -0.05) is 200 Å². The van der Waals surface area contributed by atoms with Gasteiger partial charge in [0, 0.05) is 38.6 Å². The molecule has 0 spiro atoms. The second-order valence-corrected chi connectivity index (χ2v) is 14.9. The van der Waals surface area contributed by atoms with E-state index in [2.05, 4.69) is 146 Å². The first kappa shape index (κ1) is 35.0. The van der Waals surface area contributed by atoms with Gasteiger partial charge in [0.05, 0.1) is 22.4 Å². The van der Waals surface area contributed by atoms with Gasteiger partial charge in [0.1, 0.15) is 0 Å². The summed E-state index contributed by atoms with van der Waals surface area (Å²) in [4.78, 5) is 25.3. The molecule has 0 N–H and O–H groups in total. The van der Waals surface area contributed by atoms with E-state index in [1.165, 1.54) is 16.3 Å². The van der Waals surface area contributed by atoms with Gasteiger partial charge in [0.25, 0.3) is 0 Å². The van der Waals surface area contributed by atoms with Crippen LogP contribution in [0.25, 0.3) is 112 Å². The second kappa shape index (κ2) is 15.0. The highest BCUT2D eigenvalue weighted by atomic mass is 15.0. The van der Waals surface area contributed by atoms with E-state index in [1.807, 2.05) is 66.7 Å². The van der Waals surface area contributed by atoms with Crippen LogP contribution in [0.4, 0.5) is 0 Å². The predicted molar refractivity (Wildman–Crippen MR) is 246 cm³/mol. The zero-order chi connectivity index (χ0) is 39.8. The summed E-state index contributed by atoms with van der Waals surface area (Å²) < 4.78 is 0. The Bertz CT molecular complexity index is 3270.